The van der Waals surface area contributed by atoms with Crippen molar-refractivity contribution in [2.24, 2.45) is 0 Å². The summed E-state index contributed by atoms with van der Waals surface area (Å²) in [4.78, 5) is 33.7. The zero-order valence-electron chi connectivity index (χ0n) is 17.0. The molecule has 1 aliphatic heterocycles. The fraction of sp³-hybridized carbons (Fsp3) is 0.348. The highest BCUT2D eigenvalue weighted by atomic mass is 19.4. The van der Waals surface area contributed by atoms with Crippen molar-refractivity contribution in [3.05, 3.63) is 75.3 Å². The first-order valence-corrected chi connectivity index (χ1v) is 10.2. The van der Waals surface area contributed by atoms with E-state index in [0.29, 0.717) is 38.0 Å². The lowest BCUT2D eigenvalue weighted by Gasteiger charge is -2.32. The number of aromatic nitrogens is 2. The lowest BCUT2D eigenvalue weighted by molar-refractivity contribution is -0.136. The van der Waals surface area contributed by atoms with Crippen molar-refractivity contribution in [2.75, 3.05) is 13.1 Å². The molecule has 1 saturated heterocycles. The summed E-state index contributed by atoms with van der Waals surface area (Å²) in [5, 5.41) is -0.433. The molecule has 31 heavy (non-hydrogen) atoms. The minimum absolute atomic E-state index is 0.0452. The number of rotatable bonds is 3. The van der Waals surface area contributed by atoms with Crippen LogP contribution in [0.25, 0.3) is 10.9 Å². The van der Waals surface area contributed by atoms with Crippen molar-refractivity contribution < 1.29 is 18.0 Å². The predicted molar refractivity (Wildman–Crippen MR) is 111 cm³/mol. The Balaban J connectivity index is 1.53. The Labute approximate surface area is 176 Å². The molecule has 0 unspecified atom stereocenters. The smallest absolute Gasteiger partial charge is 0.342 e. The van der Waals surface area contributed by atoms with Gasteiger partial charge in [-0.1, -0.05) is 30.3 Å². The number of halogens is 3. The molecule has 0 saturated carbocycles. The van der Waals surface area contributed by atoms with E-state index in [1.807, 2.05) is 30.3 Å². The van der Waals surface area contributed by atoms with Crippen molar-refractivity contribution in [3.8, 4) is 0 Å². The quantitative estimate of drug-likeness (QED) is 0.679. The minimum atomic E-state index is -4.63. The van der Waals surface area contributed by atoms with E-state index in [9.17, 15) is 22.8 Å². The molecule has 1 aliphatic rings. The van der Waals surface area contributed by atoms with Crippen LogP contribution in [0.1, 0.15) is 41.3 Å². The Morgan fingerprint density at radius 3 is 2.48 bits per heavy atom. The second kappa shape index (κ2) is 8.17. The molecule has 4 rings (SSSR count). The van der Waals surface area contributed by atoms with Gasteiger partial charge in [0, 0.05) is 30.4 Å². The second-order valence-corrected chi connectivity index (χ2v) is 7.94. The van der Waals surface area contributed by atoms with Gasteiger partial charge in [-0.2, -0.15) is 13.2 Å². The molecule has 8 heteroatoms. The molecule has 0 radical (unpaired) electrons. The monoisotopic (exact) mass is 429 g/mol. The molecule has 1 fully saturated rings. The highest BCUT2D eigenvalue weighted by Crippen LogP contribution is 2.34. The number of aryl methyl sites for hydroxylation is 1. The first-order chi connectivity index (χ1) is 14.7. The number of alkyl halides is 3. The van der Waals surface area contributed by atoms with Gasteiger partial charge in [0.25, 0.3) is 5.56 Å². The molecule has 0 spiro atoms. The first-order valence-electron chi connectivity index (χ1n) is 10.2. The lowest BCUT2D eigenvalue weighted by Crippen LogP contribution is -2.39. The zero-order valence-corrected chi connectivity index (χ0v) is 17.0. The topological polar surface area (TPSA) is 66.1 Å². The predicted octanol–water partition coefficient (Wildman–Crippen LogP) is 4.20. The molecular weight excluding hydrogens is 407 g/mol. The molecule has 1 N–H and O–H groups in total. The maximum absolute atomic E-state index is 13.4. The summed E-state index contributed by atoms with van der Waals surface area (Å²) in [6.07, 6.45) is -3.05. The van der Waals surface area contributed by atoms with Gasteiger partial charge >= 0.3 is 6.18 Å². The van der Waals surface area contributed by atoms with Crippen molar-refractivity contribution in [1.82, 2.24) is 14.9 Å². The highest BCUT2D eigenvalue weighted by Gasteiger charge is 2.35. The van der Waals surface area contributed by atoms with Gasteiger partial charge in [-0.25, -0.2) is 0 Å². The van der Waals surface area contributed by atoms with Crippen molar-refractivity contribution >= 4 is 16.8 Å². The average Bonchev–Trinajstić information content (AvgIpc) is 2.73. The number of aromatic amines is 1. The van der Waals surface area contributed by atoms with Crippen LogP contribution >= 0.6 is 0 Å². The van der Waals surface area contributed by atoms with Crippen LogP contribution in [0.3, 0.4) is 0 Å². The molecule has 5 nitrogen and oxygen atoms in total. The lowest BCUT2D eigenvalue weighted by atomic mass is 9.92. The number of pyridine rings is 2. The second-order valence-electron chi connectivity index (χ2n) is 7.94. The van der Waals surface area contributed by atoms with Gasteiger partial charge in [0.1, 0.15) is 0 Å². The van der Waals surface area contributed by atoms with E-state index in [-0.39, 0.29) is 23.0 Å². The largest absolute Gasteiger partial charge is 0.417 e. The molecule has 0 bridgehead atoms. The molecule has 162 valence electrons. The number of nitrogens with one attached hydrogen (secondary N) is 1. The number of nitrogens with zero attached hydrogens (tertiary/aromatic N) is 2. The van der Waals surface area contributed by atoms with Crippen LogP contribution in [0.5, 0.6) is 0 Å². The Morgan fingerprint density at radius 2 is 1.84 bits per heavy atom. The van der Waals surface area contributed by atoms with E-state index in [1.54, 1.807) is 11.0 Å². The van der Waals surface area contributed by atoms with Crippen LogP contribution in [-0.4, -0.2) is 33.9 Å². The van der Waals surface area contributed by atoms with Gasteiger partial charge in [0.15, 0.2) is 0 Å². The number of likely N-dealkylation sites (tertiary alicyclic amines) is 1. The van der Waals surface area contributed by atoms with E-state index in [1.165, 1.54) is 6.92 Å². The van der Waals surface area contributed by atoms with Gasteiger partial charge in [0.05, 0.1) is 22.9 Å². The summed E-state index contributed by atoms with van der Waals surface area (Å²) in [7, 11) is 0. The van der Waals surface area contributed by atoms with Crippen molar-refractivity contribution in [3.63, 3.8) is 0 Å². The number of hydrogen-bond donors (Lipinski definition) is 1. The molecular formula is C23H22F3N3O2. The zero-order chi connectivity index (χ0) is 22.2. The molecule has 1 aromatic carbocycles. The third kappa shape index (κ3) is 4.47. The van der Waals surface area contributed by atoms with E-state index in [0.717, 1.165) is 11.6 Å². The van der Waals surface area contributed by atoms with Crippen molar-refractivity contribution in [2.45, 2.75) is 38.3 Å². The molecule has 1 amide bonds. The summed E-state index contributed by atoms with van der Waals surface area (Å²) >= 11 is 0. The summed E-state index contributed by atoms with van der Waals surface area (Å²) in [6, 6.07) is 12.0. The third-order valence-electron chi connectivity index (χ3n) is 5.74. The summed E-state index contributed by atoms with van der Waals surface area (Å²) < 4.78 is 40.2. The van der Waals surface area contributed by atoms with Gasteiger partial charge < -0.3 is 9.88 Å². The normalized spacial score (nSPS) is 15.4. The Hall–Kier alpha value is -3.16. The van der Waals surface area contributed by atoms with Gasteiger partial charge in [-0.05, 0) is 37.5 Å². The van der Waals surface area contributed by atoms with Gasteiger partial charge in [-0.15, -0.1) is 0 Å². The fourth-order valence-corrected chi connectivity index (χ4v) is 4.18. The summed E-state index contributed by atoms with van der Waals surface area (Å²) in [5.74, 6) is -0.00158. The van der Waals surface area contributed by atoms with Gasteiger partial charge in [-0.3, -0.25) is 14.6 Å². The number of H-pyrrole nitrogens is 1. The average molecular weight is 429 g/mol. The number of piperidine rings is 1. The van der Waals surface area contributed by atoms with Crippen LogP contribution in [-0.2, 0) is 17.4 Å². The number of benzene rings is 1. The Kier molecular flexibility index (Phi) is 5.56. The number of carbonyl (C=O) groups excluding carboxylic acids is 1. The third-order valence-corrected chi connectivity index (χ3v) is 5.74. The van der Waals surface area contributed by atoms with Crippen LogP contribution in [0.15, 0.2) is 47.3 Å². The van der Waals surface area contributed by atoms with Crippen molar-refractivity contribution in [1.29, 1.82) is 0 Å². The van der Waals surface area contributed by atoms with E-state index in [4.69, 9.17) is 0 Å². The summed E-state index contributed by atoms with van der Waals surface area (Å²) in [6.45, 7) is 2.54. The standard InChI is InChI=1S/C23H22F3N3O2/c1-14-11-17(23(24,25)26)21-19(27-14)13-18(28-22(21)31)16-7-9-29(10-8-16)20(30)12-15-5-3-2-4-6-15/h2-6,11,13,16H,7-10,12H2,1H3,(H,28,31). The van der Waals surface area contributed by atoms with Crippen LogP contribution < -0.4 is 5.56 Å². The van der Waals surface area contributed by atoms with Crippen LogP contribution in [0.4, 0.5) is 13.2 Å². The molecule has 0 aliphatic carbocycles. The molecule has 3 aromatic rings. The number of hydrogen-bond acceptors (Lipinski definition) is 3. The maximum atomic E-state index is 13.4. The molecule has 2 aromatic heterocycles. The Bertz CT molecular complexity index is 1160. The SMILES string of the molecule is Cc1cc(C(F)(F)F)c2c(=O)[nH]c(C3CCN(C(=O)Cc4ccccc4)CC3)cc2n1. The molecule has 0 atom stereocenters. The van der Waals surface area contributed by atoms with Crippen LogP contribution in [0, 0.1) is 6.92 Å². The number of amides is 1. The van der Waals surface area contributed by atoms with Crippen LogP contribution in [0.2, 0.25) is 0 Å². The Morgan fingerprint density at radius 1 is 1.16 bits per heavy atom. The van der Waals surface area contributed by atoms with E-state index in [2.05, 4.69) is 9.97 Å². The van der Waals surface area contributed by atoms with E-state index < -0.39 is 22.7 Å². The number of fused-ring (bicyclic) bond motifs is 1. The molecule has 3 heterocycles. The number of carbonyl (C=O) groups is 1. The van der Waals surface area contributed by atoms with Gasteiger partial charge in [0.2, 0.25) is 5.91 Å². The highest BCUT2D eigenvalue weighted by molar-refractivity contribution is 5.82. The fourth-order valence-electron chi connectivity index (χ4n) is 4.18. The first kappa shape index (κ1) is 21.1. The van der Waals surface area contributed by atoms with E-state index >= 15 is 0 Å². The minimum Gasteiger partial charge on any atom is -0.342 e. The maximum Gasteiger partial charge on any atom is 0.417 e. The summed E-state index contributed by atoms with van der Waals surface area (Å²) in [5.41, 5.74) is 0.0275.